The number of aromatic nitrogens is 2. The number of alkyl halides is 2. The number of allylic oxidation sites excluding steroid dienone is 1. The quantitative estimate of drug-likeness (QED) is 0.205. The minimum absolute atomic E-state index is 0.0408. The predicted molar refractivity (Wildman–Crippen MR) is 158 cm³/mol. The maximum atomic E-state index is 13.3. The molecular weight excluding hydrogens is 562 g/mol. The largest absolute Gasteiger partial charge is 0.389 e. The molecule has 1 atom stereocenters. The van der Waals surface area contributed by atoms with Crippen LogP contribution in [0.2, 0.25) is 0 Å². The Morgan fingerprint density at radius 2 is 2.05 bits per heavy atom. The topological polar surface area (TPSA) is 123 Å². The molecule has 1 fully saturated rings. The molecule has 0 aliphatic carbocycles. The number of hydrogen-bond acceptors (Lipinski definition) is 7. The molecule has 0 radical (unpaired) electrons. The van der Waals surface area contributed by atoms with Crippen LogP contribution in [0.1, 0.15) is 67.1 Å². The Balaban J connectivity index is 1.65. The molecule has 3 aromatic rings. The van der Waals surface area contributed by atoms with E-state index < -0.39 is 17.9 Å². The molecule has 1 aromatic carbocycles. The highest BCUT2D eigenvalue weighted by Gasteiger charge is 2.32. The molecular formula is C30H36F2N6O3S. The van der Waals surface area contributed by atoms with Crippen LogP contribution in [0.25, 0.3) is 11.0 Å². The maximum absolute atomic E-state index is 13.3. The van der Waals surface area contributed by atoms with Gasteiger partial charge in [-0.3, -0.25) is 14.9 Å². The van der Waals surface area contributed by atoms with Gasteiger partial charge in [-0.15, -0.1) is 11.3 Å². The summed E-state index contributed by atoms with van der Waals surface area (Å²) in [4.78, 5) is 32.7. The van der Waals surface area contributed by atoms with Crippen LogP contribution in [-0.4, -0.2) is 56.1 Å². The highest BCUT2D eigenvalue weighted by atomic mass is 32.1. The molecule has 12 heteroatoms. The summed E-state index contributed by atoms with van der Waals surface area (Å²) < 4.78 is 28.1. The molecule has 2 aromatic heterocycles. The van der Waals surface area contributed by atoms with Crippen LogP contribution >= 0.6 is 11.3 Å². The van der Waals surface area contributed by atoms with E-state index in [1.165, 1.54) is 12.1 Å². The first-order valence-corrected chi connectivity index (χ1v) is 14.7. The van der Waals surface area contributed by atoms with E-state index in [1.54, 1.807) is 24.8 Å². The number of thiophene rings is 1. The summed E-state index contributed by atoms with van der Waals surface area (Å²) in [6, 6.07) is 10.1. The summed E-state index contributed by atoms with van der Waals surface area (Å²) in [5.41, 5.74) is 1.50. The lowest BCUT2D eigenvalue weighted by Gasteiger charge is -2.26. The van der Waals surface area contributed by atoms with Crippen molar-refractivity contribution in [1.82, 2.24) is 19.8 Å². The molecule has 9 nitrogen and oxygen atoms in total. The van der Waals surface area contributed by atoms with Crippen LogP contribution in [0.5, 0.6) is 0 Å². The van der Waals surface area contributed by atoms with E-state index in [0.29, 0.717) is 38.1 Å². The van der Waals surface area contributed by atoms with Gasteiger partial charge in [0.15, 0.2) is 0 Å². The number of fused-ring (bicyclic) bond motifs is 1. The summed E-state index contributed by atoms with van der Waals surface area (Å²) in [6.07, 6.45) is 0.477. The van der Waals surface area contributed by atoms with Gasteiger partial charge in [0.1, 0.15) is 11.6 Å². The van der Waals surface area contributed by atoms with Crippen molar-refractivity contribution in [3.05, 3.63) is 57.3 Å². The molecule has 2 amide bonds. The number of benzene rings is 1. The highest BCUT2D eigenvalue weighted by molar-refractivity contribution is 7.14. The molecule has 224 valence electrons. The van der Waals surface area contributed by atoms with Crippen molar-refractivity contribution in [2.24, 2.45) is 5.92 Å². The SMILES string of the molecule is CC(C)C=C(C#N)C(=O)N1CCCC1Cn1c(NC(=O)c2ccc(C(F)F)s2)nc2cc(CNCC(C)(C)O)ccc21. The number of amides is 2. The van der Waals surface area contributed by atoms with Gasteiger partial charge in [0.25, 0.3) is 18.2 Å². The van der Waals surface area contributed by atoms with Gasteiger partial charge in [-0.1, -0.05) is 26.0 Å². The van der Waals surface area contributed by atoms with Gasteiger partial charge >= 0.3 is 0 Å². The van der Waals surface area contributed by atoms with E-state index in [-0.39, 0.29) is 39.1 Å². The van der Waals surface area contributed by atoms with Gasteiger partial charge in [0.05, 0.1) is 32.4 Å². The number of rotatable bonds is 11. The van der Waals surface area contributed by atoms with Gasteiger partial charge in [0.2, 0.25) is 5.95 Å². The molecule has 1 unspecified atom stereocenters. The van der Waals surface area contributed by atoms with Crippen LogP contribution in [0, 0.1) is 17.2 Å². The van der Waals surface area contributed by atoms with Crippen LogP contribution in [0.3, 0.4) is 0 Å². The molecule has 1 saturated heterocycles. The first-order valence-electron chi connectivity index (χ1n) is 13.9. The standard InChI is InChI=1S/C30H36F2N6O3S/c1-18(2)12-20(14-33)28(40)37-11-5-6-21(37)16-38-23-8-7-19(15-34-17-30(3,4)41)13-22(23)35-29(38)36-27(39)25-10-9-24(42-25)26(31)32/h7-10,12-13,18,21,26,34,41H,5-6,11,15-17H2,1-4H3,(H,35,36,39). The first kappa shape index (κ1) is 31.3. The van der Waals surface area contributed by atoms with E-state index in [2.05, 4.69) is 15.6 Å². The lowest BCUT2D eigenvalue weighted by molar-refractivity contribution is -0.127. The van der Waals surface area contributed by atoms with Gasteiger partial charge in [-0.05, 0) is 62.4 Å². The van der Waals surface area contributed by atoms with Crippen molar-refractivity contribution in [3.8, 4) is 6.07 Å². The molecule has 0 bridgehead atoms. The number of aliphatic hydroxyl groups is 1. The lowest BCUT2D eigenvalue weighted by Crippen LogP contribution is -2.39. The van der Waals surface area contributed by atoms with Crippen LogP contribution < -0.4 is 10.6 Å². The number of imidazole rings is 1. The van der Waals surface area contributed by atoms with Gasteiger partial charge < -0.3 is 19.9 Å². The number of likely N-dealkylation sites (tertiary alicyclic amines) is 1. The number of hydrogen-bond donors (Lipinski definition) is 3. The fourth-order valence-electron chi connectivity index (χ4n) is 4.98. The number of carbonyl (C=O) groups excluding carboxylic acids is 2. The lowest BCUT2D eigenvalue weighted by atomic mass is 10.1. The fraction of sp³-hybridized carbons (Fsp3) is 0.467. The summed E-state index contributed by atoms with van der Waals surface area (Å²) in [7, 11) is 0. The van der Waals surface area contributed by atoms with Crippen molar-refractivity contribution < 1.29 is 23.5 Å². The Kier molecular flexibility index (Phi) is 9.76. The molecule has 0 saturated carbocycles. The van der Waals surface area contributed by atoms with E-state index in [4.69, 9.17) is 0 Å². The number of halogens is 2. The van der Waals surface area contributed by atoms with E-state index in [0.717, 1.165) is 28.8 Å². The molecule has 3 N–H and O–H groups in total. The number of anilines is 1. The Morgan fingerprint density at radius 1 is 1.29 bits per heavy atom. The zero-order valence-corrected chi connectivity index (χ0v) is 25.0. The average Bonchev–Trinajstić information content (AvgIpc) is 3.66. The minimum Gasteiger partial charge on any atom is -0.389 e. The number of nitrogens with zero attached hydrogens (tertiary/aromatic N) is 4. The Labute approximate surface area is 247 Å². The van der Waals surface area contributed by atoms with Gasteiger partial charge in [0, 0.05) is 26.2 Å². The second-order valence-electron chi connectivity index (χ2n) is 11.5. The number of nitrogens with one attached hydrogen (secondary N) is 2. The zero-order valence-electron chi connectivity index (χ0n) is 24.2. The molecule has 1 aliphatic heterocycles. The molecule has 4 rings (SSSR count). The average molecular weight is 599 g/mol. The summed E-state index contributed by atoms with van der Waals surface area (Å²) in [5, 5.41) is 25.6. The molecule has 1 aliphatic rings. The third-order valence-corrected chi connectivity index (χ3v) is 7.96. The smallest absolute Gasteiger partial charge is 0.272 e. The molecule has 42 heavy (non-hydrogen) atoms. The van der Waals surface area contributed by atoms with Gasteiger partial charge in [-0.25, -0.2) is 13.8 Å². The summed E-state index contributed by atoms with van der Waals surface area (Å²) in [5.74, 6) is -0.594. The first-order chi connectivity index (χ1) is 19.9. The van der Waals surface area contributed by atoms with Crippen molar-refractivity contribution in [2.45, 2.75) is 71.7 Å². The Hall–Kier alpha value is -3.66. The minimum atomic E-state index is -2.67. The van der Waals surface area contributed by atoms with Crippen LogP contribution in [0.15, 0.2) is 42.0 Å². The van der Waals surface area contributed by atoms with Gasteiger partial charge in [-0.2, -0.15) is 5.26 Å². The van der Waals surface area contributed by atoms with E-state index >= 15 is 0 Å². The monoisotopic (exact) mass is 598 g/mol. The normalized spacial score (nSPS) is 16.0. The van der Waals surface area contributed by atoms with Crippen molar-refractivity contribution in [2.75, 3.05) is 18.4 Å². The van der Waals surface area contributed by atoms with Crippen molar-refractivity contribution >= 4 is 40.1 Å². The molecule has 0 spiro atoms. The summed E-state index contributed by atoms with van der Waals surface area (Å²) >= 11 is 0.725. The fourth-order valence-corrected chi connectivity index (χ4v) is 5.74. The van der Waals surface area contributed by atoms with E-state index in [9.17, 15) is 28.7 Å². The Bertz CT molecular complexity index is 1520. The van der Waals surface area contributed by atoms with E-state index in [1.807, 2.05) is 42.7 Å². The maximum Gasteiger partial charge on any atom is 0.272 e. The number of nitriles is 1. The Morgan fingerprint density at radius 3 is 2.69 bits per heavy atom. The third kappa shape index (κ3) is 7.59. The zero-order chi connectivity index (χ0) is 30.6. The van der Waals surface area contributed by atoms with Crippen LogP contribution in [0.4, 0.5) is 14.7 Å². The highest BCUT2D eigenvalue weighted by Crippen LogP contribution is 2.30. The van der Waals surface area contributed by atoms with Crippen molar-refractivity contribution in [1.29, 1.82) is 5.26 Å². The van der Waals surface area contributed by atoms with Crippen molar-refractivity contribution in [3.63, 3.8) is 0 Å². The second kappa shape index (κ2) is 13.1. The molecule has 3 heterocycles. The predicted octanol–water partition coefficient (Wildman–Crippen LogP) is 5.25. The third-order valence-electron chi connectivity index (χ3n) is 6.87. The number of carbonyl (C=O) groups is 2. The van der Waals surface area contributed by atoms with Crippen LogP contribution in [-0.2, 0) is 17.9 Å². The second-order valence-corrected chi connectivity index (χ2v) is 12.6. The summed E-state index contributed by atoms with van der Waals surface area (Å²) in [6.45, 7) is 8.96.